The number of carbonyl (C=O) groups excluding carboxylic acids is 2. The molecule has 0 saturated carbocycles. The number of benzene rings is 1. The number of carbonyl (C=O) groups is 2. The molecule has 180 valence electrons. The second kappa shape index (κ2) is 11.9. The highest BCUT2D eigenvalue weighted by Crippen LogP contribution is 2.22. The van der Waals surface area contributed by atoms with Crippen molar-refractivity contribution in [3.63, 3.8) is 0 Å². The van der Waals surface area contributed by atoms with Gasteiger partial charge in [-0.25, -0.2) is 4.98 Å². The number of anilines is 1. The van der Waals surface area contributed by atoms with Crippen molar-refractivity contribution in [2.24, 2.45) is 0 Å². The largest absolute Gasteiger partial charge is 0.448 e. The first-order valence-electron chi connectivity index (χ1n) is 11.1. The zero-order valence-corrected chi connectivity index (χ0v) is 18.9. The third kappa shape index (κ3) is 7.36. The van der Waals surface area contributed by atoms with E-state index in [9.17, 15) is 19.8 Å². The molecule has 2 amide bonds. The molecule has 1 aliphatic heterocycles. The standard InChI is InChI=1S/C23H32N4O6/c1-15-13-18(21(29)23(31)33-15)27(2)12-6-11-24-19(28)9-10-20-26-17(14-32-20)22(30)25-16-7-4-3-5-8-16/h3-5,7-8,14-15,18,21,23,29,31H,6,9-13H2,1-2H3,(H,24,28)(H,25,30)/t15-,18+,21-,23-/m1/s1. The van der Waals surface area contributed by atoms with E-state index in [-0.39, 0.29) is 42.5 Å². The van der Waals surface area contributed by atoms with E-state index in [0.717, 1.165) is 0 Å². The summed E-state index contributed by atoms with van der Waals surface area (Å²) in [5.41, 5.74) is 0.820. The lowest BCUT2D eigenvalue weighted by Gasteiger charge is -2.40. The molecule has 1 fully saturated rings. The topological polar surface area (TPSA) is 137 Å². The maximum Gasteiger partial charge on any atom is 0.277 e. The number of aryl methyl sites for hydroxylation is 1. The Morgan fingerprint density at radius 1 is 1.24 bits per heavy atom. The maximum absolute atomic E-state index is 12.2. The summed E-state index contributed by atoms with van der Waals surface area (Å²) in [5, 5.41) is 25.5. The molecule has 0 radical (unpaired) electrons. The molecule has 3 rings (SSSR count). The van der Waals surface area contributed by atoms with Crippen LogP contribution in [0.5, 0.6) is 0 Å². The zero-order chi connectivity index (χ0) is 23.8. The molecule has 1 aromatic heterocycles. The van der Waals surface area contributed by atoms with E-state index in [1.165, 1.54) is 6.26 Å². The number of ether oxygens (including phenoxy) is 1. The molecule has 0 aliphatic carbocycles. The molecule has 2 aromatic rings. The summed E-state index contributed by atoms with van der Waals surface area (Å²) >= 11 is 0. The zero-order valence-electron chi connectivity index (χ0n) is 18.9. The van der Waals surface area contributed by atoms with Crippen LogP contribution in [-0.4, -0.2) is 76.6 Å². The Morgan fingerprint density at radius 2 is 2.00 bits per heavy atom. The van der Waals surface area contributed by atoms with Gasteiger partial charge in [0.15, 0.2) is 17.9 Å². The van der Waals surface area contributed by atoms with Gasteiger partial charge in [0.05, 0.1) is 6.10 Å². The van der Waals surface area contributed by atoms with Gasteiger partial charge in [0.2, 0.25) is 5.91 Å². The van der Waals surface area contributed by atoms with Crippen LogP contribution in [-0.2, 0) is 16.0 Å². The van der Waals surface area contributed by atoms with Crippen molar-refractivity contribution in [1.29, 1.82) is 0 Å². The van der Waals surface area contributed by atoms with Crippen molar-refractivity contribution in [1.82, 2.24) is 15.2 Å². The van der Waals surface area contributed by atoms with Crippen LogP contribution in [0.25, 0.3) is 0 Å². The number of nitrogens with zero attached hydrogens (tertiary/aromatic N) is 2. The molecule has 4 atom stereocenters. The van der Waals surface area contributed by atoms with Crippen molar-refractivity contribution < 1.29 is 29.0 Å². The van der Waals surface area contributed by atoms with E-state index >= 15 is 0 Å². The molecule has 0 unspecified atom stereocenters. The average Bonchev–Trinajstić information content (AvgIpc) is 3.27. The highest BCUT2D eigenvalue weighted by Gasteiger charge is 2.36. The van der Waals surface area contributed by atoms with Gasteiger partial charge in [-0.3, -0.25) is 9.59 Å². The number of likely N-dealkylation sites (N-methyl/N-ethyl adjacent to an activating group) is 1. The monoisotopic (exact) mass is 460 g/mol. The fourth-order valence-electron chi connectivity index (χ4n) is 3.76. The Labute approximate surface area is 192 Å². The summed E-state index contributed by atoms with van der Waals surface area (Å²) in [6.07, 6.45) is 0.817. The van der Waals surface area contributed by atoms with Crippen LogP contribution in [0.4, 0.5) is 5.69 Å². The maximum atomic E-state index is 12.2. The molecule has 10 heteroatoms. The SMILES string of the molecule is C[C@@H]1C[C@H](N(C)CCCNC(=O)CCc2nc(C(=O)Nc3ccccc3)co2)[C@@H](O)[C@H](O)O1. The predicted molar refractivity (Wildman–Crippen MR) is 120 cm³/mol. The van der Waals surface area contributed by atoms with Crippen LogP contribution in [0.1, 0.15) is 42.6 Å². The molecule has 1 aromatic carbocycles. The van der Waals surface area contributed by atoms with Crippen LogP contribution < -0.4 is 10.6 Å². The normalized spacial score (nSPS) is 22.8. The lowest BCUT2D eigenvalue weighted by Crippen LogP contribution is -2.54. The molecular formula is C23H32N4O6. The fourth-order valence-corrected chi connectivity index (χ4v) is 3.76. The van der Waals surface area contributed by atoms with Crippen LogP contribution in [0, 0.1) is 0 Å². The van der Waals surface area contributed by atoms with E-state index in [4.69, 9.17) is 9.15 Å². The minimum Gasteiger partial charge on any atom is -0.448 e. The smallest absolute Gasteiger partial charge is 0.277 e. The Hall–Kier alpha value is -2.79. The van der Waals surface area contributed by atoms with Crippen molar-refractivity contribution >= 4 is 17.5 Å². The number of aliphatic hydroxyl groups is 2. The van der Waals surface area contributed by atoms with Gasteiger partial charge in [0.1, 0.15) is 12.4 Å². The molecular weight excluding hydrogens is 428 g/mol. The fraction of sp³-hybridized carbons (Fsp3) is 0.522. The molecule has 2 heterocycles. The summed E-state index contributed by atoms with van der Waals surface area (Å²) in [6, 6.07) is 8.85. The molecule has 4 N–H and O–H groups in total. The predicted octanol–water partition coefficient (Wildman–Crippen LogP) is 1.15. The Kier molecular flexibility index (Phi) is 8.95. The number of hydrogen-bond donors (Lipinski definition) is 4. The van der Waals surface area contributed by atoms with E-state index in [2.05, 4.69) is 15.6 Å². The number of amides is 2. The lowest BCUT2D eigenvalue weighted by molar-refractivity contribution is -0.231. The molecule has 0 bridgehead atoms. The third-order valence-electron chi connectivity index (χ3n) is 5.59. The minimum absolute atomic E-state index is 0.129. The van der Waals surface area contributed by atoms with E-state index in [1.54, 1.807) is 12.1 Å². The Morgan fingerprint density at radius 3 is 2.76 bits per heavy atom. The van der Waals surface area contributed by atoms with Gasteiger partial charge in [-0.1, -0.05) is 18.2 Å². The van der Waals surface area contributed by atoms with Gasteiger partial charge >= 0.3 is 0 Å². The van der Waals surface area contributed by atoms with E-state index in [1.807, 2.05) is 37.1 Å². The number of rotatable bonds is 10. The van der Waals surface area contributed by atoms with Gasteiger partial charge in [-0.05, 0) is 45.5 Å². The molecule has 1 saturated heterocycles. The quantitative estimate of drug-likeness (QED) is 0.388. The van der Waals surface area contributed by atoms with Gasteiger partial charge in [-0.2, -0.15) is 0 Å². The van der Waals surface area contributed by atoms with Crippen molar-refractivity contribution in [3.05, 3.63) is 48.2 Å². The van der Waals surface area contributed by atoms with Crippen LogP contribution in [0.2, 0.25) is 0 Å². The summed E-state index contributed by atoms with van der Waals surface area (Å²) in [7, 11) is 1.88. The van der Waals surface area contributed by atoms with Crippen molar-refractivity contribution in [2.75, 3.05) is 25.5 Å². The summed E-state index contributed by atoms with van der Waals surface area (Å²) in [6.45, 7) is 3.00. The molecule has 1 aliphatic rings. The van der Waals surface area contributed by atoms with Gasteiger partial charge in [-0.15, -0.1) is 0 Å². The van der Waals surface area contributed by atoms with Gasteiger partial charge in [0.25, 0.3) is 5.91 Å². The number of para-hydroxylation sites is 1. The molecule has 10 nitrogen and oxygen atoms in total. The molecule has 0 spiro atoms. The summed E-state index contributed by atoms with van der Waals surface area (Å²) < 4.78 is 10.5. The number of aliphatic hydroxyl groups excluding tert-OH is 2. The van der Waals surface area contributed by atoms with Crippen LogP contribution >= 0.6 is 0 Å². The number of aromatic nitrogens is 1. The summed E-state index contributed by atoms with van der Waals surface area (Å²) in [4.78, 5) is 30.5. The number of nitrogens with one attached hydrogen (secondary N) is 2. The number of hydrogen-bond acceptors (Lipinski definition) is 8. The molecule has 33 heavy (non-hydrogen) atoms. The second-order valence-corrected chi connectivity index (χ2v) is 8.26. The van der Waals surface area contributed by atoms with Gasteiger partial charge in [0, 0.05) is 31.1 Å². The lowest BCUT2D eigenvalue weighted by atomic mass is 9.99. The first-order chi connectivity index (χ1) is 15.8. The highest BCUT2D eigenvalue weighted by molar-refractivity contribution is 6.02. The van der Waals surface area contributed by atoms with Crippen molar-refractivity contribution in [2.45, 2.75) is 57.1 Å². The van der Waals surface area contributed by atoms with Crippen LogP contribution in [0.3, 0.4) is 0 Å². The second-order valence-electron chi connectivity index (χ2n) is 8.26. The first kappa shape index (κ1) is 24.8. The Balaban J connectivity index is 1.33. The first-order valence-corrected chi connectivity index (χ1v) is 11.1. The third-order valence-corrected chi connectivity index (χ3v) is 5.59. The highest BCUT2D eigenvalue weighted by atomic mass is 16.6. The van der Waals surface area contributed by atoms with E-state index in [0.29, 0.717) is 37.5 Å². The Bertz CT molecular complexity index is 905. The number of oxazole rings is 1. The minimum atomic E-state index is -1.18. The van der Waals surface area contributed by atoms with Gasteiger partial charge < -0.3 is 34.9 Å². The van der Waals surface area contributed by atoms with Crippen molar-refractivity contribution in [3.8, 4) is 0 Å². The average molecular weight is 461 g/mol. The summed E-state index contributed by atoms with van der Waals surface area (Å²) in [5.74, 6) is -0.188. The van der Waals surface area contributed by atoms with Crippen LogP contribution in [0.15, 0.2) is 41.0 Å². The van der Waals surface area contributed by atoms with E-state index < -0.39 is 12.4 Å².